The molecule has 2 aromatic carbocycles. The number of likely N-dealkylation sites (tertiary alicyclic amines) is 3. The summed E-state index contributed by atoms with van der Waals surface area (Å²) in [4.78, 5) is 44.5. The van der Waals surface area contributed by atoms with Crippen molar-refractivity contribution >= 4 is 28.6 Å². The molecule has 1 unspecified atom stereocenters. The fourth-order valence-corrected chi connectivity index (χ4v) is 6.89. The molecule has 3 aromatic rings. The fourth-order valence-electron chi connectivity index (χ4n) is 6.89. The van der Waals surface area contributed by atoms with Crippen LogP contribution in [-0.4, -0.2) is 81.4 Å². The highest BCUT2D eigenvalue weighted by atomic mass is 16.2. The number of amides is 3. The number of H-pyrrole nitrogens is 1. The van der Waals surface area contributed by atoms with Crippen molar-refractivity contribution < 1.29 is 14.4 Å². The zero-order chi connectivity index (χ0) is 25.1. The maximum absolute atomic E-state index is 13.2. The van der Waals surface area contributed by atoms with E-state index < -0.39 is 0 Å². The largest absolute Gasteiger partial charge is 0.341 e. The van der Waals surface area contributed by atoms with Crippen LogP contribution in [-0.2, 0) is 9.59 Å². The van der Waals surface area contributed by atoms with Gasteiger partial charge >= 0.3 is 0 Å². The molecule has 4 fully saturated rings. The van der Waals surface area contributed by atoms with Gasteiger partial charge in [0, 0.05) is 56.0 Å². The lowest BCUT2D eigenvalue weighted by Crippen LogP contribution is -2.74. The Kier molecular flexibility index (Phi) is 5.13. The van der Waals surface area contributed by atoms with Crippen LogP contribution in [0.25, 0.3) is 22.0 Å². The highest BCUT2D eigenvalue weighted by Crippen LogP contribution is 2.42. The minimum absolute atomic E-state index is 0.00827. The van der Waals surface area contributed by atoms with Crippen LogP contribution in [0.2, 0.25) is 0 Å². The average molecular weight is 498 g/mol. The minimum Gasteiger partial charge on any atom is -0.341 e. The molecule has 1 spiro atoms. The zero-order valence-electron chi connectivity index (χ0n) is 20.9. The van der Waals surface area contributed by atoms with Crippen LogP contribution in [0.1, 0.15) is 42.6 Å². The first-order chi connectivity index (χ1) is 18.0. The molecule has 3 saturated heterocycles. The first-order valence-corrected chi connectivity index (χ1v) is 13.4. The number of rotatable bonds is 4. The molecule has 1 aliphatic carbocycles. The molecule has 1 saturated carbocycles. The smallest absolute Gasteiger partial charge is 0.275 e. The number of aromatic nitrogens is 2. The van der Waals surface area contributed by atoms with Gasteiger partial charge in [-0.05, 0) is 36.1 Å². The van der Waals surface area contributed by atoms with Gasteiger partial charge in [-0.25, -0.2) is 0 Å². The Labute approximate surface area is 215 Å². The molecule has 7 rings (SSSR count). The number of nitrogens with one attached hydrogen (secondary N) is 1. The molecule has 1 N–H and O–H groups in total. The van der Waals surface area contributed by atoms with Crippen molar-refractivity contribution in [2.24, 2.45) is 11.3 Å². The second-order valence-electron chi connectivity index (χ2n) is 11.4. The summed E-state index contributed by atoms with van der Waals surface area (Å²) in [6.07, 6.45) is 4.85. The number of fused-ring (bicyclic) bond motifs is 1. The second kappa shape index (κ2) is 8.43. The van der Waals surface area contributed by atoms with Gasteiger partial charge in [0.25, 0.3) is 5.91 Å². The highest BCUT2D eigenvalue weighted by Gasteiger charge is 2.56. The zero-order valence-corrected chi connectivity index (χ0v) is 20.9. The van der Waals surface area contributed by atoms with Crippen LogP contribution < -0.4 is 0 Å². The summed E-state index contributed by atoms with van der Waals surface area (Å²) in [5, 5.41) is 8.21. The van der Waals surface area contributed by atoms with Crippen molar-refractivity contribution in [3.8, 4) is 11.1 Å². The molecule has 4 heterocycles. The van der Waals surface area contributed by atoms with Gasteiger partial charge in [0.1, 0.15) is 0 Å². The van der Waals surface area contributed by atoms with E-state index in [0.29, 0.717) is 50.9 Å². The Hall–Kier alpha value is -3.68. The Morgan fingerprint density at radius 1 is 0.919 bits per heavy atom. The fraction of sp³-hybridized carbons (Fsp3) is 0.448. The Bertz CT molecular complexity index is 1380. The van der Waals surface area contributed by atoms with Crippen molar-refractivity contribution in [2.45, 2.75) is 38.1 Å². The van der Waals surface area contributed by atoms with Gasteiger partial charge in [-0.3, -0.25) is 19.5 Å². The quantitative estimate of drug-likeness (QED) is 0.599. The molecule has 190 valence electrons. The molecular weight excluding hydrogens is 466 g/mol. The minimum atomic E-state index is -0.209. The van der Waals surface area contributed by atoms with Crippen LogP contribution in [0.5, 0.6) is 0 Å². The summed E-state index contributed by atoms with van der Waals surface area (Å²) in [7, 11) is 0. The van der Waals surface area contributed by atoms with E-state index in [4.69, 9.17) is 0 Å². The monoisotopic (exact) mass is 497 g/mol. The number of carbonyl (C=O) groups is 3. The number of carbonyl (C=O) groups excluding carboxylic acids is 3. The molecule has 1 atom stereocenters. The van der Waals surface area contributed by atoms with E-state index in [1.54, 1.807) is 0 Å². The molecule has 0 bridgehead atoms. The lowest BCUT2D eigenvalue weighted by molar-refractivity contribution is -0.158. The molecule has 3 amide bonds. The summed E-state index contributed by atoms with van der Waals surface area (Å²) in [6.45, 7) is 3.21. The number of aromatic amines is 1. The van der Waals surface area contributed by atoms with Gasteiger partial charge in [0.2, 0.25) is 11.8 Å². The molecular formula is C29H31N5O3. The third-order valence-electron chi connectivity index (χ3n) is 8.85. The van der Waals surface area contributed by atoms with Gasteiger partial charge in [-0.2, -0.15) is 5.10 Å². The van der Waals surface area contributed by atoms with Crippen LogP contribution in [0.4, 0.5) is 0 Å². The molecule has 8 nitrogen and oxygen atoms in total. The number of hydrogen-bond donors (Lipinski definition) is 1. The summed E-state index contributed by atoms with van der Waals surface area (Å²) in [6, 6.07) is 16.5. The van der Waals surface area contributed by atoms with Crippen LogP contribution >= 0.6 is 0 Å². The van der Waals surface area contributed by atoms with Gasteiger partial charge in [-0.1, -0.05) is 49.2 Å². The molecule has 4 aliphatic rings. The third kappa shape index (κ3) is 3.72. The van der Waals surface area contributed by atoms with E-state index in [2.05, 4.69) is 22.3 Å². The van der Waals surface area contributed by atoms with E-state index in [1.165, 1.54) is 12.8 Å². The van der Waals surface area contributed by atoms with Crippen molar-refractivity contribution in [2.75, 3.05) is 32.7 Å². The van der Waals surface area contributed by atoms with E-state index >= 15 is 0 Å². The first-order valence-electron chi connectivity index (χ1n) is 13.4. The Balaban J connectivity index is 0.960. The second-order valence-corrected chi connectivity index (χ2v) is 11.4. The van der Waals surface area contributed by atoms with Gasteiger partial charge in [0.05, 0.1) is 11.4 Å². The standard InChI is InChI=1S/C29H31N5O3/c35-25-13-21(14-34(25)22-8-4-5-9-22)27(36)32-15-29(16-32)17-33(18-29)28(37)26-23-11-10-20(12-24(23)30-31-26)19-6-2-1-3-7-19/h1-3,6-7,10-12,21-22H,4-5,8-9,13-18H2,(H,30,31). The molecule has 0 radical (unpaired) electrons. The van der Waals surface area contributed by atoms with Gasteiger partial charge < -0.3 is 14.7 Å². The van der Waals surface area contributed by atoms with Crippen molar-refractivity contribution in [1.29, 1.82) is 0 Å². The van der Waals surface area contributed by atoms with Gasteiger partial charge in [-0.15, -0.1) is 0 Å². The summed E-state index contributed by atoms with van der Waals surface area (Å²) < 4.78 is 0. The summed E-state index contributed by atoms with van der Waals surface area (Å²) in [5.74, 6) is -0.0260. The average Bonchev–Trinajstić information content (AvgIpc) is 3.62. The Morgan fingerprint density at radius 2 is 1.65 bits per heavy atom. The van der Waals surface area contributed by atoms with Crippen molar-refractivity contribution in [1.82, 2.24) is 24.9 Å². The van der Waals surface area contributed by atoms with E-state index in [0.717, 1.165) is 34.9 Å². The van der Waals surface area contributed by atoms with Crippen LogP contribution in [0, 0.1) is 11.3 Å². The lowest BCUT2D eigenvalue weighted by atomic mass is 9.72. The van der Waals surface area contributed by atoms with E-state index in [1.807, 2.05) is 51.1 Å². The molecule has 1 aromatic heterocycles. The highest BCUT2D eigenvalue weighted by molar-refractivity contribution is 6.05. The maximum Gasteiger partial charge on any atom is 0.275 e. The van der Waals surface area contributed by atoms with Crippen LogP contribution in [0.15, 0.2) is 48.5 Å². The molecule has 37 heavy (non-hydrogen) atoms. The van der Waals surface area contributed by atoms with Crippen molar-refractivity contribution in [3.05, 3.63) is 54.2 Å². The number of nitrogens with zero attached hydrogens (tertiary/aromatic N) is 4. The van der Waals surface area contributed by atoms with E-state index in [9.17, 15) is 14.4 Å². The molecule has 3 aliphatic heterocycles. The predicted octanol–water partition coefficient (Wildman–Crippen LogP) is 3.31. The van der Waals surface area contributed by atoms with Crippen LogP contribution in [0.3, 0.4) is 0 Å². The molecule has 8 heteroatoms. The first kappa shape index (κ1) is 22.5. The topological polar surface area (TPSA) is 89.6 Å². The van der Waals surface area contributed by atoms with E-state index in [-0.39, 0.29) is 29.1 Å². The summed E-state index contributed by atoms with van der Waals surface area (Å²) >= 11 is 0. The Morgan fingerprint density at radius 3 is 2.41 bits per heavy atom. The van der Waals surface area contributed by atoms with Gasteiger partial charge in [0.15, 0.2) is 5.69 Å². The maximum atomic E-state index is 13.2. The lowest BCUT2D eigenvalue weighted by Gasteiger charge is -2.60. The SMILES string of the molecule is O=C(c1n[nH]c2cc(-c3ccccc3)ccc12)N1CC2(C1)CN(C(=O)C1CC(=O)N(C3CCCC3)C1)C2. The van der Waals surface area contributed by atoms with Crippen molar-refractivity contribution in [3.63, 3.8) is 0 Å². The third-order valence-corrected chi connectivity index (χ3v) is 8.85. The summed E-state index contributed by atoms with van der Waals surface area (Å²) in [5.41, 5.74) is 3.49. The number of hydrogen-bond acceptors (Lipinski definition) is 4. The predicted molar refractivity (Wildman–Crippen MR) is 139 cm³/mol. The number of benzene rings is 2. The normalized spacial score (nSPS) is 23.1.